The van der Waals surface area contributed by atoms with E-state index in [9.17, 15) is 19.5 Å². The number of amides is 2. The summed E-state index contributed by atoms with van der Waals surface area (Å²) < 4.78 is 24.1. The molecule has 0 aliphatic carbocycles. The molecule has 10 nitrogen and oxygen atoms in total. The van der Waals surface area contributed by atoms with Crippen molar-refractivity contribution in [3.05, 3.63) is 35.4 Å². The van der Waals surface area contributed by atoms with Crippen molar-refractivity contribution in [2.75, 3.05) is 40.4 Å². The van der Waals surface area contributed by atoms with Crippen LogP contribution in [0.3, 0.4) is 0 Å². The van der Waals surface area contributed by atoms with Crippen molar-refractivity contribution < 1.29 is 38.4 Å². The first-order chi connectivity index (χ1) is 20.3. The van der Waals surface area contributed by atoms with Gasteiger partial charge >= 0.3 is 18.2 Å². The molecule has 2 saturated heterocycles. The van der Waals surface area contributed by atoms with Gasteiger partial charge in [-0.15, -0.1) is 11.3 Å². The van der Waals surface area contributed by atoms with Crippen molar-refractivity contribution >= 4 is 51.3 Å². The van der Waals surface area contributed by atoms with E-state index < -0.39 is 18.2 Å². The van der Waals surface area contributed by atoms with Crippen LogP contribution >= 0.6 is 23.1 Å². The topological polar surface area (TPSA) is 115 Å². The molecule has 0 unspecified atom stereocenters. The minimum absolute atomic E-state index is 0.105. The minimum Gasteiger partial charge on any atom is -0.496 e. The van der Waals surface area contributed by atoms with E-state index in [2.05, 4.69) is 0 Å². The summed E-state index contributed by atoms with van der Waals surface area (Å²) in [6, 6.07) is 6.53. The van der Waals surface area contributed by atoms with Gasteiger partial charge in [0, 0.05) is 31.6 Å². The molecule has 0 atom stereocenters. The molecule has 5 rings (SSSR count). The normalized spacial score (nSPS) is 15.4. The number of hydrogen-bond donors (Lipinski definition) is 1. The summed E-state index contributed by atoms with van der Waals surface area (Å²) >= 11 is 2.53. The second-order valence-electron chi connectivity index (χ2n) is 10.2. The Morgan fingerprint density at radius 2 is 1.26 bits per heavy atom. The summed E-state index contributed by atoms with van der Waals surface area (Å²) in [6.07, 6.45) is 4.93. The first-order valence-corrected chi connectivity index (χ1v) is 15.6. The van der Waals surface area contributed by atoms with Crippen LogP contribution in [0.15, 0.2) is 33.4 Å². The summed E-state index contributed by atoms with van der Waals surface area (Å²) in [6.45, 7) is 4.42. The van der Waals surface area contributed by atoms with Crippen LogP contribution in [0, 0.1) is 6.92 Å². The number of piperidine rings is 2. The Kier molecular flexibility index (Phi) is 9.32. The molecule has 0 saturated carbocycles. The quantitative estimate of drug-likeness (QED) is 0.299. The van der Waals surface area contributed by atoms with E-state index in [1.807, 2.05) is 6.92 Å². The molecule has 0 spiro atoms. The first kappa shape index (κ1) is 29.8. The zero-order chi connectivity index (χ0) is 29.8. The second kappa shape index (κ2) is 13.1. The average molecular weight is 615 g/mol. The Labute approximate surface area is 252 Å². The second-order valence-corrected chi connectivity index (χ2v) is 12.5. The smallest absolute Gasteiger partial charge is 0.415 e. The summed E-state index contributed by atoms with van der Waals surface area (Å²) in [7, 11) is 2.97. The number of fused-ring (bicyclic) bond motifs is 1. The Morgan fingerprint density at radius 1 is 0.762 bits per heavy atom. The number of carbonyl (C=O) groups excluding carboxylic acids is 2. The number of carbonyl (C=O) groups is 3. The van der Waals surface area contributed by atoms with E-state index in [-0.39, 0.29) is 22.0 Å². The molecule has 0 radical (unpaired) electrons. The summed E-state index contributed by atoms with van der Waals surface area (Å²) in [5.41, 5.74) is 0.715. The number of rotatable bonds is 7. The predicted octanol–water partition coefficient (Wildman–Crippen LogP) is 7.05. The number of aromatic carboxylic acids is 1. The number of likely N-dealkylation sites (tertiary alicyclic amines) is 2. The van der Waals surface area contributed by atoms with E-state index in [0.717, 1.165) is 53.7 Å². The number of benzene rings is 2. The Morgan fingerprint density at radius 3 is 1.81 bits per heavy atom. The highest BCUT2D eigenvalue weighted by Gasteiger charge is 2.28. The lowest BCUT2D eigenvalue weighted by Crippen LogP contribution is -2.37. The summed E-state index contributed by atoms with van der Waals surface area (Å²) in [5, 5.41) is 11.0. The molecular formula is C30H34N2O8S2. The fraction of sp³-hybridized carbons (Fsp3) is 0.433. The van der Waals surface area contributed by atoms with Crippen LogP contribution in [0.2, 0.25) is 0 Å². The van der Waals surface area contributed by atoms with Gasteiger partial charge in [0.25, 0.3) is 0 Å². The number of hydrogen-bond acceptors (Lipinski definition) is 9. The third kappa shape index (κ3) is 6.10. The lowest BCUT2D eigenvalue weighted by Gasteiger charge is -2.26. The Balaban J connectivity index is 1.55. The molecule has 0 bridgehead atoms. The standard InChI is InChI=1S/C30H34N2O8S2/c1-18-23-19(37-2)10-12-21(39-29(35)31-14-6-4-7-15-31)25(23)41-28(18)42-26-22(13-11-20(38-3)24(26)27(33)34)40-30(36)32-16-8-5-9-17-32/h10-13H,4-9,14-17H2,1-3H3,(H,33,34). The largest absolute Gasteiger partial charge is 0.496 e. The molecule has 2 amide bonds. The average Bonchev–Trinajstić information content (AvgIpc) is 3.34. The van der Waals surface area contributed by atoms with Crippen molar-refractivity contribution in [1.82, 2.24) is 9.80 Å². The number of nitrogens with zero attached hydrogens (tertiary/aromatic N) is 2. The Bertz CT molecular complexity index is 1490. The van der Waals surface area contributed by atoms with Crippen molar-refractivity contribution in [1.29, 1.82) is 0 Å². The predicted molar refractivity (Wildman–Crippen MR) is 160 cm³/mol. The van der Waals surface area contributed by atoms with Gasteiger partial charge in [-0.1, -0.05) is 11.8 Å². The highest BCUT2D eigenvalue weighted by molar-refractivity contribution is 8.01. The van der Waals surface area contributed by atoms with E-state index >= 15 is 0 Å². The lowest BCUT2D eigenvalue weighted by atomic mass is 10.1. The SMILES string of the molecule is COc1ccc(OC(=O)N2CCCCC2)c(Sc2sc3c(OC(=O)N4CCCCC4)ccc(OC)c3c2C)c1C(=O)O. The molecule has 2 fully saturated rings. The zero-order valence-electron chi connectivity index (χ0n) is 23.9. The van der Waals surface area contributed by atoms with Crippen LogP contribution in [-0.4, -0.2) is 73.5 Å². The molecule has 3 aromatic rings. The van der Waals surface area contributed by atoms with E-state index in [1.165, 1.54) is 36.3 Å². The van der Waals surface area contributed by atoms with Crippen LogP contribution in [0.25, 0.3) is 10.1 Å². The molecule has 42 heavy (non-hydrogen) atoms. The van der Waals surface area contributed by atoms with Gasteiger partial charge in [0.2, 0.25) is 0 Å². The lowest BCUT2D eigenvalue weighted by molar-refractivity contribution is 0.0687. The molecule has 2 aromatic carbocycles. The van der Waals surface area contributed by atoms with E-state index in [0.29, 0.717) is 42.4 Å². The molecule has 2 aliphatic heterocycles. The van der Waals surface area contributed by atoms with Gasteiger partial charge in [0.1, 0.15) is 22.8 Å². The van der Waals surface area contributed by atoms with Crippen molar-refractivity contribution in [2.45, 2.75) is 54.6 Å². The fourth-order valence-electron chi connectivity index (χ4n) is 5.28. The minimum atomic E-state index is -1.21. The van der Waals surface area contributed by atoms with Crippen LogP contribution in [-0.2, 0) is 0 Å². The molecule has 1 aromatic heterocycles. The van der Waals surface area contributed by atoms with Crippen LogP contribution < -0.4 is 18.9 Å². The van der Waals surface area contributed by atoms with Crippen molar-refractivity contribution in [3.63, 3.8) is 0 Å². The van der Waals surface area contributed by atoms with Gasteiger partial charge in [-0.05, 0) is 75.3 Å². The molecule has 12 heteroatoms. The highest BCUT2D eigenvalue weighted by Crippen LogP contribution is 2.51. The summed E-state index contributed by atoms with van der Waals surface area (Å²) in [4.78, 5) is 42.1. The fourth-order valence-corrected chi connectivity index (χ4v) is 7.90. The van der Waals surface area contributed by atoms with Crippen LogP contribution in [0.4, 0.5) is 9.59 Å². The van der Waals surface area contributed by atoms with Crippen molar-refractivity contribution in [3.8, 4) is 23.0 Å². The maximum atomic E-state index is 13.0. The highest BCUT2D eigenvalue weighted by atomic mass is 32.2. The molecule has 2 aliphatic rings. The first-order valence-electron chi connectivity index (χ1n) is 14.0. The summed E-state index contributed by atoms with van der Waals surface area (Å²) in [5.74, 6) is 0.0775. The van der Waals surface area contributed by atoms with Gasteiger partial charge in [-0.2, -0.15) is 0 Å². The monoisotopic (exact) mass is 614 g/mol. The van der Waals surface area contributed by atoms with Gasteiger partial charge < -0.3 is 33.9 Å². The van der Waals surface area contributed by atoms with Gasteiger partial charge in [-0.25, -0.2) is 14.4 Å². The molecule has 1 N–H and O–H groups in total. The number of aryl methyl sites for hydroxylation is 1. The third-order valence-electron chi connectivity index (χ3n) is 7.51. The van der Waals surface area contributed by atoms with Crippen LogP contribution in [0.1, 0.15) is 54.4 Å². The van der Waals surface area contributed by atoms with Gasteiger partial charge in [0.15, 0.2) is 5.75 Å². The van der Waals surface area contributed by atoms with Crippen molar-refractivity contribution in [2.24, 2.45) is 0 Å². The number of thiophene rings is 1. The number of carboxylic acids is 1. The third-order valence-corrected chi connectivity index (χ3v) is 10.2. The van der Waals surface area contributed by atoms with Gasteiger partial charge in [0.05, 0.1) is 28.0 Å². The number of methoxy groups -OCH3 is 2. The maximum absolute atomic E-state index is 13.0. The zero-order valence-corrected chi connectivity index (χ0v) is 25.5. The Hall–Kier alpha value is -3.64. The molecule has 3 heterocycles. The van der Waals surface area contributed by atoms with E-state index in [1.54, 1.807) is 35.1 Å². The van der Waals surface area contributed by atoms with Crippen LogP contribution in [0.5, 0.6) is 23.0 Å². The molecule has 224 valence electrons. The van der Waals surface area contributed by atoms with E-state index in [4.69, 9.17) is 18.9 Å². The maximum Gasteiger partial charge on any atom is 0.415 e. The number of ether oxygens (including phenoxy) is 4. The molecular weight excluding hydrogens is 580 g/mol. The number of carboxylic acid groups (broad SMARTS) is 1. The van der Waals surface area contributed by atoms with Gasteiger partial charge in [-0.3, -0.25) is 0 Å².